The SMILES string of the molecule is Cc1ccc(-c2cc3c4c5c2-n2c6ccc([Si](C)(C)C)cc6c6cc([Si](C)(C)C)cc(c62)B5c2cc([Si](C)(C)C)cc5c6cc([Si](C)(C)C)cc(c6n-4c25)C32c3ccccc3-c3ccccc32)c2ccccc12. The Morgan fingerprint density at radius 2 is 0.863 bits per heavy atom. The molecule has 2 nitrogen and oxygen atoms in total. The summed E-state index contributed by atoms with van der Waals surface area (Å²) >= 11 is 0. The molecular weight excluding hydrogens is 944 g/mol. The first-order chi connectivity index (χ1) is 34.7. The summed E-state index contributed by atoms with van der Waals surface area (Å²) in [6.07, 6.45) is 0. The molecule has 0 unspecified atom stereocenters. The smallest absolute Gasteiger partial charge is 0.252 e. The zero-order chi connectivity index (χ0) is 50.4. The van der Waals surface area contributed by atoms with Gasteiger partial charge in [-0.2, -0.15) is 0 Å². The molecule has 0 bridgehead atoms. The highest BCUT2D eigenvalue weighted by molar-refractivity contribution is 7.02. The molecule has 0 saturated carbocycles. The molecule has 0 atom stereocenters. The highest BCUT2D eigenvalue weighted by Gasteiger charge is 2.55. The van der Waals surface area contributed by atoms with Crippen LogP contribution in [-0.2, 0) is 5.41 Å². The maximum absolute atomic E-state index is 2.85. The third-order valence-electron chi connectivity index (χ3n) is 18.2. The van der Waals surface area contributed by atoms with Gasteiger partial charge in [0.2, 0.25) is 0 Å². The first-order valence-electron chi connectivity index (χ1n) is 26.9. The van der Waals surface area contributed by atoms with Crippen molar-refractivity contribution in [2.45, 2.75) is 90.9 Å². The number of fused-ring (bicyclic) bond motifs is 15. The molecule has 1 spiro atoms. The zero-order valence-electron chi connectivity index (χ0n) is 44.8. The van der Waals surface area contributed by atoms with Crippen molar-refractivity contribution in [3.8, 4) is 33.6 Å². The van der Waals surface area contributed by atoms with Gasteiger partial charge in [0.05, 0.1) is 54.4 Å². The highest BCUT2D eigenvalue weighted by Crippen LogP contribution is 2.62. The Kier molecular flexibility index (Phi) is 8.45. The second-order valence-electron chi connectivity index (χ2n) is 26.6. The van der Waals surface area contributed by atoms with E-state index in [1.165, 1.54) is 143 Å². The summed E-state index contributed by atoms with van der Waals surface area (Å²) in [5.41, 5.74) is 24.6. The lowest BCUT2D eigenvalue weighted by atomic mass is 9.33. The van der Waals surface area contributed by atoms with Crippen molar-refractivity contribution in [2.75, 3.05) is 0 Å². The van der Waals surface area contributed by atoms with E-state index in [9.17, 15) is 0 Å². The molecule has 3 aliphatic heterocycles. The average molecular weight is 1010 g/mol. The quantitative estimate of drug-likeness (QED) is 0.152. The van der Waals surface area contributed by atoms with Crippen LogP contribution in [0.3, 0.4) is 0 Å². The minimum atomic E-state index is -1.89. The van der Waals surface area contributed by atoms with Crippen LogP contribution in [0.4, 0.5) is 0 Å². The molecular formula is C66H63BN2Si4. The molecule has 9 aromatic carbocycles. The molecule has 0 N–H and O–H groups in total. The van der Waals surface area contributed by atoms with Gasteiger partial charge in [-0.15, -0.1) is 0 Å². The first-order valence-corrected chi connectivity index (χ1v) is 40.9. The van der Waals surface area contributed by atoms with Crippen LogP contribution < -0.4 is 37.1 Å². The molecule has 2 aromatic heterocycles. The maximum atomic E-state index is 2.85. The van der Waals surface area contributed by atoms with Crippen molar-refractivity contribution in [1.82, 2.24) is 9.13 Å². The van der Waals surface area contributed by atoms with Crippen LogP contribution in [0.1, 0.15) is 27.8 Å². The summed E-state index contributed by atoms with van der Waals surface area (Å²) in [5.74, 6) is 0. The maximum Gasteiger partial charge on any atom is 0.252 e. The van der Waals surface area contributed by atoms with E-state index in [2.05, 4.69) is 240 Å². The predicted octanol–water partition coefficient (Wildman–Crippen LogP) is 13.0. The second kappa shape index (κ2) is 13.9. The Morgan fingerprint density at radius 1 is 0.356 bits per heavy atom. The molecule has 0 saturated heterocycles. The fourth-order valence-electron chi connectivity index (χ4n) is 14.5. The lowest BCUT2D eigenvalue weighted by molar-refractivity contribution is 0.750. The van der Waals surface area contributed by atoms with Crippen LogP contribution in [0.5, 0.6) is 0 Å². The second-order valence-corrected chi connectivity index (χ2v) is 46.9. The van der Waals surface area contributed by atoms with Gasteiger partial charge < -0.3 is 9.13 Å². The summed E-state index contributed by atoms with van der Waals surface area (Å²) in [6.45, 7) is 32.9. The summed E-state index contributed by atoms with van der Waals surface area (Å²) in [6, 6.07) is 59.7. The van der Waals surface area contributed by atoms with E-state index in [-0.39, 0.29) is 6.71 Å². The molecule has 5 heterocycles. The van der Waals surface area contributed by atoms with Crippen molar-refractivity contribution in [3.05, 3.63) is 173 Å². The normalized spacial score (nSPS) is 15.0. The summed E-state index contributed by atoms with van der Waals surface area (Å²) in [5, 5.41) is 14.5. The molecule has 15 rings (SSSR count). The third kappa shape index (κ3) is 5.49. The third-order valence-corrected chi connectivity index (χ3v) is 26.3. The fraction of sp³-hybridized carbons (Fsp3) is 0.212. The van der Waals surface area contributed by atoms with Crippen molar-refractivity contribution in [2.24, 2.45) is 0 Å². The monoisotopic (exact) mass is 1010 g/mol. The van der Waals surface area contributed by atoms with Gasteiger partial charge in [0, 0.05) is 43.8 Å². The number of nitrogens with zero attached hydrogens (tertiary/aromatic N) is 2. The van der Waals surface area contributed by atoms with Gasteiger partial charge in [0.1, 0.15) is 0 Å². The summed E-state index contributed by atoms with van der Waals surface area (Å²) in [4.78, 5) is 0. The fourth-order valence-corrected chi connectivity index (χ4v) is 19.1. The molecule has 1 aliphatic carbocycles. The van der Waals surface area contributed by atoms with Gasteiger partial charge in [0.25, 0.3) is 6.71 Å². The predicted molar refractivity (Wildman–Crippen MR) is 330 cm³/mol. The van der Waals surface area contributed by atoms with Crippen molar-refractivity contribution < 1.29 is 0 Å². The molecule has 11 aromatic rings. The zero-order valence-corrected chi connectivity index (χ0v) is 48.8. The van der Waals surface area contributed by atoms with Crippen LogP contribution >= 0.6 is 0 Å². The summed E-state index contributed by atoms with van der Waals surface area (Å²) < 4.78 is 5.66. The largest absolute Gasteiger partial charge is 0.310 e. The van der Waals surface area contributed by atoms with E-state index >= 15 is 0 Å². The Morgan fingerprint density at radius 3 is 1.47 bits per heavy atom. The van der Waals surface area contributed by atoms with Crippen LogP contribution in [0.25, 0.3) is 88.0 Å². The van der Waals surface area contributed by atoms with Gasteiger partial charge in [-0.3, -0.25) is 0 Å². The van der Waals surface area contributed by atoms with E-state index in [1.807, 2.05) is 0 Å². The Bertz CT molecular complexity index is 4340. The molecule has 7 heteroatoms. The molecule has 0 radical (unpaired) electrons. The van der Waals surface area contributed by atoms with Crippen LogP contribution in [0.15, 0.2) is 146 Å². The number of aromatic nitrogens is 2. The van der Waals surface area contributed by atoms with E-state index in [0.717, 1.165) is 0 Å². The molecule has 356 valence electrons. The van der Waals surface area contributed by atoms with E-state index in [1.54, 1.807) is 10.4 Å². The van der Waals surface area contributed by atoms with Gasteiger partial charge in [-0.05, 0) is 90.7 Å². The minimum Gasteiger partial charge on any atom is -0.310 e. The average Bonchev–Trinajstić information content (AvgIpc) is 3.97. The van der Waals surface area contributed by atoms with Gasteiger partial charge in [-0.25, -0.2) is 0 Å². The van der Waals surface area contributed by atoms with Crippen molar-refractivity contribution in [1.29, 1.82) is 0 Å². The van der Waals surface area contributed by atoms with E-state index in [4.69, 9.17) is 0 Å². The van der Waals surface area contributed by atoms with E-state index in [0.29, 0.717) is 0 Å². The molecule has 73 heavy (non-hydrogen) atoms. The lowest BCUT2D eigenvalue weighted by Gasteiger charge is -2.45. The Labute approximate surface area is 434 Å². The van der Waals surface area contributed by atoms with Crippen LogP contribution in [0, 0.1) is 6.92 Å². The van der Waals surface area contributed by atoms with Gasteiger partial charge in [-0.1, -0.05) is 233 Å². The Balaban J connectivity index is 1.27. The van der Waals surface area contributed by atoms with Crippen LogP contribution in [0.2, 0.25) is 78.6 Å². The lowest BCUT2D eigenvalue weighted by Crippen LogP contribution is -2.62. The number of rotatable bonds is 5. The number of aryl methyl sites for hydroxylation is 1. The van der Waals surface area contributed by atoms with Gasteiger partial charge >= 0.3 is 0 Å². The summed E-state index contributed by atoms with van der Waals surface area (Å²) in [7, 11) is -7.32. The standard InChI is InChI=1S/C66H63BN2Si4/c1-38-26-28-45(44-21-15-14-20-43(38)44)52-37-56-65-60-64(52)68-59-29-27-39(70(2,3)4)30-48(59)49-32-41(72(8,9)10)35-57(62(49)68)67(60)58-36-42(73(11,12)13)33-51-50-31-40(71(5,6)7)34-55(61(50)69(65)63(51)58)66(56)53-24-18-16-22-46(53)47-23-17-19-25-54(47)66/h14-37H,1-13H3. The number of benzene rings is 9. The molecule has 0 amide bonds. The highest BCUT2D eigenvalue weighted by atomic mass is 28.3. The van der Waals surface area contributed by atoms with Crippen molar-refractivity contribution >= 4 is 131 Å². The first kappa shape index (κ1) is 44.3. The van der Waals surface area contributed by atoms with Gasteiger partial charge in [0.15, 0.2) is 0 Å². The molecule has 0 fully saturated rings. The number of hydrogen-bond acceptors (Lipinski definition) is 0. The minimum absolute atomic E-state index is 0.0186. The van der Waals surface area contributed by atoms with Crippen molar-refractivity contribution in [3.63, 3.8) is 0 Å². The van der Waals surface area contributed by atoms with E-state index < -0.39 is 37.7 Å². The number of hydrogen-bond donors (Lipinski definition) is 0. The molecule has 4 aliphatic rings. The topological polar surface area (TPSA) is 9.86 Å². The Hall–Kier alpha value is -6.23. The van der Waals surface area contributed by atoms with Crippen LogP contribution in [-0.4, -0.2) is 48.1 Å².